The number of anilines is 1. The maximum absolute atomic E-state index is 14.2. The fraction of sp³-hybridized carbons (Fsp3) is 0.562. The molecule has 0 aliphatic carbocycles. The minimum absolute atomic E-state index is 0.0453. The van der Waals surface area contributed by atoms with Gasteiger partial charge in [0.1, 0.15) is 5.69 Å². The first kappa shape index (κ1) is 17.9. The molecule has 4 nitrogen and oxygen atoms in total. The predicted molar refractivity (Wildman–Crippen MR) is 85.7 cm³/mol. The van der Waals surface area contributed by atoms with E-state index in [1.165, 1.54) is 11.8 Å². The molecule has 0 saturated carbocycles. The fourth-order valence-electron chi connectivity index (χ4n) is 3.11. The zero-order valence-electron chi connectivity index (χ0n) is 13.8. The van der Waals surface area contributed by atoms with Gasteiger partial charge in [0.25, 0.3) is 0 Å². The summed E-state index contributed by atoms with van der Waals surface area (Å²) in [6.45, 7) is 8.76. The summed E-state index contributed by atoms with van der Waals surface area (Å²) in [7, 11) is 0. The summed E-state index contributed by atoms with van der Waals surface area (Å²) in [5.74, 6) is -1.84. The molecule has 1 aliphatic heterocycles. The average Bonchev–Trinajstić information content (AvgIpc) is 2.61. The third-order valence-corrected chi connectivity index (χ3v) is 4.94. The van der Waals surface area contributed by atoms with Crippen LogP contribution in [0.4, 0.5) is 19.3 Å². The van der Waals surface area contributed by atoms with Crippen molar-refractivity contribution in [1.82, 2.24) is 4.90 Å². The molecule has 1 heterocycles. The van der Waals surface area contributed by atoms with Crippen molar-refractivity contribution in [1.29, 1.82) is 0 Å². The number of likely N-dealkylation sites (tertiary alicyclic amines) is 1. The van der Waals surface area contributed by atoms with E-state index in [4.69, 9.17) is 11.6 Å². The predicted octanol–water partition coefficient (Wildman–Crippen LogP) is 3.94. The summed E-state index contributed by atoms with van der Waals surface area (Å²) in [6.07, 6.45) is -0.762. The molecule has 1 unspecified atom stereocenters. The number of aliphatic hydroxyl groups excluding tert-OH is 1. The fourth-order valence-corrected chi connectivity index (χ4v) is 3.29. The molecule has 128 valence electrons. The molecule has 2 rings (SSSR count). The number of hydrogen-bond acceptors (Lipinski definition) is 2. The summed E-state index contributed by atoms with van der Waals surface area (Å²) >= 11 is 5.72. The minimum atomic E-state index is -0.941. The molecule has 0 aromatic heterocycles. The molecule has 0 spiro atoms. The SMILES string of the molecule is Cc1c(Cl)cc(F)c(NC(=O)N2CC(C)(C)C(O)C2(C)C)c1F. The number of nitrogens with one attached hydrogen (secondary N) is 1. The summed E-state index contributed by atoms with van der Waals surface area (Å²) in [4.78, 5) is 13.9. The molecule has 0 radical (unpaired) electrons. The zero-order valence-corrected chi connectivity index (χ0v) is 14.6. The summed E-state index contributed by atoms with van der Waals surface area (Å²) in [5.41, 5.74) is -1.85. The number of urea groups is 1. The highest BCUT2D eigenvalue weighted by molar-refractivity contribution is 6.31. The Bertz CT molecular complexity index is 662. The third-order valence-electron chi connectivity index (χ3n) is 4.55. The molecule has 2 N–H and O–H groups in total. The first-order valence-corrected chi connectivity index (χ1v) is 7.68. The van der Waals surface area contributed by atoms with E-state index in [1.807, 2.05) is 13.8 Å². The van der Waals surface area contributed by atoms with Gasteiger partial charge in [-0.2, -0.15) is 0 Å². The molecule has 7 heteroatoms. The lowest BCUT2D eigenvalue weighted by atomic mass is 9.82. The Hall–Kier alpha value is -1.40. The second-order valence-electron chi connectivity index (χ2n) is 7.22. The molecular weight excluding hydrogens is 326 g/mol. The normalized spacial score (nSPS) is 22.3. The first-order valence-electron chi connectivity index (χ1n) is 7.30. The van der Waals surface area contributed by atoms with E-state index < -0.39 is 40.4 Å². The third kappa shape index (κ3) is 2.90. The van der Waals surface area contributed by atoms with Crippen molar-refractivity contribution in [3.63, 3.8) is 0 Å². The highest BCUT2D eigenvalue weighted by atomic mass is 35.5. The Kier molecular flexibility index (Phi) is 4.37. The molecular formula is C16H21ClF2N2O2. The maximum atomic E-state index is 14.2. The Labute approximate surface area is 139 Å². The topological polar surface area (TPSA) is 52.6 Å². The van der Waals surface area contributed by atoms with Gasteiger partial charge in [0.2, 0.25) is 0 Å². The molecule has 1 aliphatic rings. The van der Waals surface area contributed by atoms with Crippen molar-refractivity contribution < 1.29 is 18.7 Å². The van der Waals surface area contributed by atoms with Crippen LogP contribution in [0.25, 0.3) is 0 Å². The zero-order chi connectivity index (χ0) is 17.7. The van der Waals surface area contributed by atoms with Gasteiger partial charge in [0, 0.05) is 22.5 Å². The van der Waals surface area contributed by atoms with Crippen LogP contribution in [-0.4, -0.2) is 34.2 Å². The number of rotatable bonds is 1. The second-order valence-corrected chi connectivity index (χ2v) is 7.62. The maximum Gasteiger partial charge on any atom is 0.322 e. The van der Waals surface area contributed by atoms with Gasteiger partial charge in [0.05, 0.1) is 11.6 Å². The molecule has 0 bridgehead atoms. The van der Waals surface area contributed by atoms with Crippen molar-refractivity contribution >= 4 is 23.3 Å². The van der Waals surface area contributed by atoms with Crippen LogP contribution in [0.2, 0.25) is 5.02 Å². The van der Waals surface area contributed by atoms with E-state index in [1.54, 1.807) is 13.8 Å². The van der Waals surface area contributed by atoms with Gasteiger partial charge in [-0.3, -0.25) is 0 Å². The van der Waals surface area contributed by atoms with E-state index >= 15 is 0 Å². The van der Waals surface area contributed by atoms with Crippen LogP contribution < -0.4 is 5.32 Å². The van der Waals surface area contributed by atoms with Gasteiger partial charge in [-0.25, -0.2) is 13.6 Å². The number of nitrogens with zero attached hydrogens (tertiary/aromatic N) is 1. The van der Waals surface area contributed by atoms with Crippen molar-refractivity contribution in [3.05, 3.63) is 28.3 Å². The summed E-state index contributed by atoms with van der Waals surface area (Å²) in [6, 6.07) is 0.294. The number of carbonyl (C=O) groups excluding carboxylic acids is 1. The minimum Gasteiger partial charge on any atom is -0.390 e. The smallest absolute Gasteiger partial charge is 0.322 e. The lowest BCUT2D eigenvalue weighted by Gasteiger charge is -2.34. The largest absolute Gasteiger partial charge is 0.390 e. The number of benzene rings is 1. The standard InChI is InChI=1S/C16H21ClF2N2O2/c1-8-9(17)6-10(18)12(11(8)19)20-14(23)21-7-15(2,3)13(22)16(21,4)5/h6,13,22H,7H2,1-5H3,(H,20,23). The summed E-state index contributed by atoms with van der Waals surface area (Å²) < 4.78 is 28.1. The van der Waals surface area contributed by atoms with Crippen LogP contribution in [0, 0.1) is 24.0 Å². The Morgan fingerprint density at radius 3 is 2.43 bits per heavy atom. The lowest BCUT2D eigenvalue weighted by molar-refractivity contribution is 0.0288. The number of carbonyl (C=O) groups is 1. The van der Waals surface area contributed by atoms with E-state index in [0.29, 0.717) is 0 Å². The number of aliphatic hydroxyl groups is 1. The summed E-state index contributed by atoms with van der Waals surface area (Å²) in [5, 5.41) is 12.6. The van der Waals surface area contributed by atoms with Crippen LogP contribution >= 0.6 is 11.6 Å². The van der Waals surface area contributed by atoms with E-state index in [0.717, 1.165) is 6.07 Å². The first-order chi connectivity index (χ1) is 10.4. The molecule has 1 fully saturated rings. The monoisotopic (exact) mass is 346 g/mol. The van der Waals surface area contributed by atoms with Gasteiger partial charge >= 0.3 is 6.03 Å². The van der Waals surface area contributed by atoms with Crippen LogP contribution in [0.3, 0.4) is 0 Å². The molecule has 1 saturated heterocycles. The number of halogens is 3. The molecule has 23 heavy (non-hydrogen) atoms. The van der Waals surface area contributed by atoms with E-state index in [2.05, 4.69) is 5.32 Å². The van der Waals surface area contributed by atoms with Crippen LogP contribution in [0.15, 0.2) is 6.07 Å². The molecule has 1 aromatic rings. The van der Waals surface area contributed by atoms with Gasteiger partial charge in [-0.15, -0.1) is 0 Å². The quantitative estimate of drug-likeness (QED) is 0.809. The Morgan fingerprint density at radius 2 is 1.96 bits per heavy atom. The van der Waals surface area contributed by atoms with Crippen molar-refractivity contribution in [2.75, 3.05) is 11.9 Å². The molecule has 1 atom stereocenters. The van der Waals surface area contributed by atoms with Gasteiger partial charge in [0.15, 0.2) is 11.6 Å². The Morgan fingerprint density at radius 1 is 1.39 bits per heavy atom. The second kappa shape index (κ2) is 5.60. The van der Waals surface area contributed by atoms with Crippen LogP contribution in [-0.2, 0) is 0 Å². The average molecular weight is 347 g/mol. The van der Waals surface area contributed by atoms with Crippen LogP contribution in [0.1, 0.15) is 33.3 Å². The van der Waals surface area contributed by atoms with Gasteiger partial charge in [-0.1, -0.05) is 25.4 Å². The van der Waals surface area contributed by atoms with Crippen LogP contribution in [0.5, 0.6) is 0 Å². The van der Waals surface area contributed by atoms with E-state index in [-0.39, 0.29) is 17.1 Å². The van der Waals surface area contributed by atoms with Crippen molar-refractivity contribution in [2.24, 2.45) is 5.41 Å². The Balaban J connectivity index is 2.33. The van der Waals surface area contributed by atoms with Gasteiger partial charge in [-0.05, 0) is 26.8 Å². The number of hydrogen-bond donors (Lipinski definition) is 2. The highest BCUT2D eigenvalue weighted by Gasteiger charge is 2.53. The highest BCUT2D eigenvalue weighted by Crippen LogP contribution is 2.41. The molecule has 1 aromatic carbocycles. The number of amides is 2. The molecule has 2 amide bonds. The van der Waals surface area contributed by atoms with Gasteiger partial charge < -0.3 is 15.3 Å². The van der Waals surface area contributed by atoms with Crippen molar-refractivity contribution in [2.45, 2.75) is 46.3 Å². The lowest BCUT2D eigenvalue weighted by Crippen LogP contribution is -2.50. The van der Waals surface area contributed by atoms with E-state index in [9.17, 15) is 18.7 Å². The van der Waals surface area contributed by atoms with Crippen molar-refractivity contribution in [3.8, 4) is 0 Å².